The van der Waals surface area contributed by atoms with E-state index < -0.39 is 10.8 Å². The van der Waals surface area contributed by atoms with Gasteiger partial charge in [-0.15, -0.1) is 0 Å². The molecule has 1 spiro atoms. The Labute approximate surface area is 403 Å². The van der Waals surface area contributed by atoms with Crippen molar-refractivity contribution in [1.82, 2.24) is 0 Å². The maximum Gasteiger partial charge on any atom is 0.0726 e. The van der Waals surface area contributed by atoms with Gasteiger partial charge >= 0.3 is 0 Å². The van der Waals surface area contributed by atoms with Crippen LogP contribution in [0.25, 0.3) is 55.6 Å². The van der Waals surface area contributed by atoms with Gasteiger partial charge in [-0.05, 0) is 102 Å². The van der Waals surface area contributed by atoms with Crippen molar-refractivity contribution in [3.63, 3.8) is 0 Å². The Morgan fingerprint density at radius 3 is 1.13 bits per heavy atom. The third-order valence-corrected chi connectivity index (χ3v) is 15.4. The second kappa shape index (κ2) is 15.4. The van der Waals surface area contributed by atoms with Crippen molar-refractivity contribution in [2.45, 2.75) is 10.8 Å². The summed E-state index contributed by atoms with van der Waals surface area (Å²) in [5.41, 5.74) is 24.9. The van der Waals surface area contributed by atoms with E-state index in [1.807, 2.05) is 0 Å². The largest absolute Gasteiger partial charge is 0.309 e. The molecule has 11 aromatic rings. The number of hydrogen-bond donors (Lipinski definition) is 0. The molecule has 0 radical (unpaired) electrons. The molecule has 322 valence electrons. The van der Waals surface area contributed by atoms with Gasteiger partial charge in [0.05, 0.1) is 22.2 Å². The molecule has 0 unspecified atom stereocenters. The Bertz CT molecular complexity index is 3620. The third kappa shape index (κ3) is 5.47. The van der Waals surface area contributed by atoms with E-state index in [9.17, 15) is 0 Å². The Hall–Kier alpha value is -8.78. The van der Waals surface area contributed by atoms with Crippen LogP contribution in [0.2, 0.25) is 0 Å². The van der Waals surface area contributed by atoms with Crippen LogP contribution in [-0.4, -0.2) is 0 Å². The first kappa shape index (κ1) is 39.4. The highest BCUT2D eigenvalue weighted by molar-refractivity contribution is 6.04. The van der Waals surface area contributed by atoms with Gasteiger partial charge in [-0.1, -0.05) is 255 Å². The zero-order chi connectivity index (χ0) is 45.5. The molecule has 0 heterocycles. The molecule has 0 bridgehead atoms. The lowest BCUT2D eigenvalue weighted by Crippen LogP contribution is -2.28. The van der Waals surface area contributed by atoms with Gasteiger partial charge in [0.25, 0.3) is 0 Å². The second-order valence-corrected chi connectivity index (χ2v) is 18.6. The average Bonchev–Trinajstić information content (AvgIpc) is 4.02. The number of nitrogens with zero attached hydrogens (tertiary/aromatic N) is 1. The molecular weight excluding hydrogens is 831 g/mol. The van der Waals surface area contributed by atoms with Crippen molar-refractivity contribution in [1.29, 1.82) is 0 Å². The van der Waals surface area contributed by atoms with Crippen LogP contribution in [0.3, 0.4) is 0 Å². The van der Waals surface area contributed by atoms with Gasteiger partial charge in [-0.2, -0.15) is 0 Å². The number of anilines is 3. The van der Waals surface area contributed by atoms with E-state index in [-0.39, 0.29) is 0 Å². The van der Waals surface area contributed by atoms with Crippen LogP contribution in [0, 0.1) is 0 Å². The summed E-state index contributed by atoms with van der Waals surface area (Å²) in [5, 5.41) is 0. The van der Waals surface area contributed by atoms with Crippen LogP contribution in [0.5, 0.6) is 0 Å². The average molecular weight is 876 g/mol. The summed E-state index contributed by atoms with van der Waals surface area (Å²) in [5.74, 6) is 0. The zero-order valence-corrected chi connectivity index (χ0v) is 37.9. The monoisotopic (exact) mass is 875 g/mol. The fourth-order valence-electron chi connectivity index (χ4n) is 12.8. The normalized spacial score (nSPS) is 13.7. The minimum Gasteiger partial charge on any atom is -0.309 e. The fraction of sp³-hybridized carbons (Fsp3) is 0.0294. The predicted octanol–water partition coefficient (Wildman–Crippen LogP) is 17.2. The molecule has 0 N–H and O–H groups in total. The van der Waals surface area contributed by atoms with Crippen LogP contribution >= 0.6 is 0 Å². The van der Waals surface area contributed by atoms with Crippen molar-refractivity contribution in [2.24, 2.45) is 0 Å². The van der Waals surface area contributed by atoms with Crippen molar-refractivity contribution in [3.8, 4) is 55.6 Å². The van der Waals surface area contributed by atoms with Crippen LogP contribution < -0.4 is 4.90 Å². The number of para-hydroxylation sites is 1. The van der Waals surface area contributed by atoms with Crippen LogP contribution in [-0.2, 0) is 10.8 Å². The molecule has 3 aliphatic carbocycles. The lowest BCUT2D eigenvalue weighted by atomic mass is 9.68. The summed E-state index contributed by atoms with van der Waals surface area (Å²) >= 11 is 0. The number of fused-ring (bicyclic) bond motifs is 13. The van der Waals surface area contributed by atoms with Crippen molar-refractivity contribution >= 4 is 17.1 Å². The van der Waals surface area contributed by atoms with Gasteiger partial charge in [0.2, 0.25) is 0 Å². The summed E-state index contributed by atoms with van der Waals surface area (Å²) < 4.78 is 0. The van der Waals surface area contributed by atoms with Crippen molar-refractivity contribution in [3.05, 3.63) is 317 Å². The fourth-order valence-corrected chi connectivity index (χ4v) is 12.8. The molecule has 0 aromatic heterocycles. The number of benzene rings is 11. The molecular formula is C68H45N. The minimum atomic E-state index is -0.571. The first-order chi connectivity index (χ1) is 34.3. The minimum absolute atomic E-state index is 0.511. The maximum absolute atomic E-state index is 2.62. The molecule has 1 heteroatoms. The lowest BCUT2D eigenvalue weighted by molar-refractivity contribution is 0.768. The van der Waals surface area contributed by atoms with E-state index in [2.05, 4.69) is 278 Å². The molecule has 11 aromatic carbocycles. The van der Waals surface area contributed by atoms with Gasteiger partial charge in [0.1, 0.15) is 0 Å². The summed E-state index contributed by atoms with van der Waals surface area (Å²) in [6, 6.07) is 102. The van der Waals surface area contributed by atoms with Gasteiger partial charge in [0, 0.05) is 22.4 Å². The van der Waals surface area contributed by atoms with E-state index in [1.54, 1.807) is 0 Å². The molecule has 0 saturated carbocycles. The van der Waals surface area contributed by atoms with Crippen LogP contribution in [0.4, 0.5) is 17.1 Å². The molecule has 0 fully saturated rings. The van der Waals surface area contributed by atoms with Gasteiger partial charge in [0.15, 0.2) is 0 Å². The van der Waals surface area contributed by atoms with Gasteiger partial charge in [-0.3, -0.25) is 0 Å². The predicted molar refractivity (Wildman–Crippen MR) is 286 cm³/mol. The summed E-state index contributed by atoms with van der Waals surface area (Å²) in [7, 11) is 0. The van der Waals surface area contributed by atoms with Crippen molar-refractivity contribution in [2.75, 3.05) is 4.90 Å². The van der Waals surface area contributed by atoms with Crippen LogP contribution in [0.1, 0.15) is 44.5 Å². The quantitative estimate of drug-likeness (QED) is 0.154. The first-order valence-electron chi connectivity index (χ1n) is 24.1. The van der Waals surface area contributed by atoms with Gasteiger partial charge < -0.3 is 4.90 Å². The molecule has 69 heavy (non-hydrogen) atoms. The standard InChI is InChI=1S/C68H45N/c1-5-23-46(24-6-1)51-35-21-36-52(47-25-7-2-8-26-47)66(51)69(64-42-22-41-62-65(64)57-34-16-20-40-61(57)67(62,48-27-9-3-10-28-48)49-29-11-4-12-30-49)50-43-44-56-55-33-15-19-39-60(55)68(63(56)45-50)58-37-17-13-31-53(58)54-32-14-18-38-59(54)68/h1-45H. The molecule has 1 nitrogen and oxygen atoms in total. The summed E-state index contributed by atoms with van der Waals surface area (Å²) in [6.07, 6.45) is 0. The van der Waals surface area contributed by atoms with Crippen molar-refractivity contribution < 1.29 is 0 Å². The first-order valence-corrected chi connectivity index (χ1v) is 24.1. The molecule has 3 aliphatic rings. The van der Waals surface area contributed by atoms with E-state index in [1.165, 1.54) is 77.9 Å². The number of rotatable bonds is 7. The topological polar surface area (TPSA) is 3.24 Å². The smallest absolute Gasteiger partial charge is 0.0726 e. The Morgan fingerprint density at radius 1 is 0.246 bits per heavy atom. The highest BCUT2D eigenvalue weighted by atomic mass is 15.2. The number of hydrogen-bond acceptors (Lipinski definition) is 1. The Balaban J connectivity index is 1.13. The summed E-state index contributed by atoms with van der Waals surface area (Å²) in [4.78, 5) is 2.62. The SMILES string of the molecule is c1ccc(-c2cccc(-c3ccccc3)c2N(c2ccc3c(c2)C2(c4ccccc4-c4ccccc42)c2ccccc2-3)c2cccc3c2-c2ccccc2C3(c2ccccc2)c2ccccc2)cc1. The van der Waals surface area contributed by atoms with Crippen LogP contribution in [0.15, 0.2) is 273 Å². The Kier molecular flexibility index (Phi) is 8.78. The molecule has 0 amide bonds. The maximum atomic E-state index is 2.62. The third-order valence-electron chi connectivity index (χ3n) is 15.4. The molecule has 0 atom stereocenters. The second-order valence-electron chi connectivity index (χ2n) is 18.6. The Morgan fingerprint density at radius 2 is 0.623 bits per heavy atom. The van der Waals surface area contributed by atoms with E-state index in [0.717, 1.165) is 39.3 Å². The molecule has 0 saturated heterocycles. The van der Waals surface area contributed by atoms with E-state index >= 15 is 0 Å². The van der Waals surface area contributed by atoms with Gasteiger partial charge in [-0.25, -0.2) is 0 Å². The summed E-state index contributed by atoms with van der Waals surface area (Å²) in [6.45, 7) is 0. The van der Waals surface area contributed by atoms with E-state index in [0.29, 0.717) is 0 Å². The highest BCUT2D eigenvalue weighted by Crippen LogP contribution is 2.65. The molecule has 0 aliphatic heterocycles. The highest BCUT2D eigenvalue weighted by Gasteiger charge is 2.52. The lowest BCUT2D eigenvalue weighted by Gasteiger charge is -2.36. The zero-order valence-electron chi connectivity index (χ0n) is 37.9. The molecule has 14 rings (SSSR count). The van der Waals surface area contributed by atoms with E-state index in [4.69, 9.17) is 0 Å².